The molecule has 1 nitrogen and oxygen atoms in total. The van der Waals surface area contributed by atoms with E-state index in [2.05, 4.69) is 0 Å². The highest BCUT2D eigenvalue weighted by molar-refractivity contribution is 6.30. The van der Waals surface area contributed by atoms with Crippen molar-refractivity contribution in [1.29, 1.82) is 0 Å². The lowest BCUT2D eigenvalue weighted by Crippen LogP contribution is -2.17. The number of hydrogen-bond donors (Lipinski definition) is 1. The molecule has 20 heavy (non-hydrogen) atoms. The van der Waals surface area contributed by atoms with Gasteiger partial charge in [0.25, 0.3) is 0 Å². The van der Waals surface area contributed by atoms with Gasteiger partial charge >= 0.3 is 6.18 Å². The van der Waals surface area contributed by atoms with Crippen LogP contribution >= 0.6 is 11.6 Å². The average Bonchev–Trinajstić information content (AvgIpc) is 2.37. The van der Waals surface area contributed by atoms with E-state index in [0.717, 1.165) is 6.07 Å². The van der Waals surface area contributed by atoms with Crippen molar-refractivity contribution in [2.24, 2.45) is 5.73 Å². The van der Waals surface area contributed by atoms with Gasteiger partial charge in [0, 0.05) is 10.6 Å². The molecule has 0 radical (unpaired) electrons. The summed E-state index contributed by atoms with van der Waals surface area (Å²) in [6, 6.07) is 8.30. The van der Waals surface area contributed by atoms with Gasteiger partial charge in [-0.25, -0.2) is 4.39 Å². The van der Waals surface area contributed by atoms with Crippen molar-refractivity contribution in [3.8, 4) is 0 Å². The maximum absolute atomic E-state index is 14.0. The van der Waals surface area contributed by atoms with Crippen LogP contribution in [-0.2, 0) is 6.18 Å². The van der Waals surface area contributed by atoms with Gasteiger partial charge in [0.2, 0.25) is 0 Å². The third-order valence-electron chi connectivity index (χ3n) is 2.88. The number of rotatable bonds is 2. The molecule has 1 atom stereocenters. The summed E-state index contributed by atoms with van der Waals surface area (Å²) >= 11 is 5.79. The minimum absolute atomic E-state index is 0.220. The Morgan fingerprint density at radius 2 is 1.70 bits per heavy atom. The molecule has 0 aliphatic rings. The standard InChI is InChI=1S/C14H10ClF4N/c15-9-4-1-3-8(7-9)13(20)10-5-2-6-11(12(10)16)14(17,18)19/h1-7,13H,20H2. The fraction of sp³-hybridized carbons (Fsp3) is 0.143. The van der Waals surface area contributed by atoms with E-state index in [-0.39, 0.29) is 5.56 Å². The van der Waals surface area contributed by atoms with Crippen LogP contribution < -0.4 is 5.73 Å². The first-order valence-corrected chi connectivity index (χ1v) is 6.05. The van der Waals surface area contributed by atoms with Crippen LogP contribution in [-0.4, -0.2) is 0 Å². The maximum atomic E-state index is 14.0. The highest BCUT2D eigenvalue weighted by Gasteiger charge is 2.35. The topological polar surface area (TPSA) is 26.0 Å². The molecule has 2 aromatic carbocycles. The molecule has 0 spiro atoms. The van der Waals surface area contributed by atoms with Crippen LogP contribution in [0, 0.1) is 5.82 Å². The summed E-state index contributed by atoms with van der Waals surface area (Å²) in [5.74, 6) is -1.35. The molecule has 2 N–H and O–H groups in total. The molecule has 6 heteroatoms. The number of nitrogens with two attached hydrogens (primary N) is 1. The van der Waals surface area contributed by atoms with Crippen molar-refractivity contribution in [3.05, 3.63) is 70.0 Å². The second-order valence-corrected chi connectivity index (χ2v) is 4.68. The Hall–Kier alpha value is -1.59. The van der Waals surface area contributed by atoms with E-state index in [1.165, 1.54) is 12.1 Å². The molecule has 106 valence electrons. The predicted octanol–water partition coefficient (Wildman–Crippen LogP) is 4.55. The van der Waals surface area contributed by atoms with Crippen LogP contribution in [0.2, 0.25) is 5.02 Å². The van der Waals surface area contributed by atoms with Crippen molar-refractivity contribution in [2.75, 3.05) is 0 Å². The van der Waals surface area contributed by atoms with E-state index in [4.69, 9.17) is 17.3 Å². The van der Waals surface area contributed by atoms with Crippen molar-refractivity contribution in [2.45, 2.75) is 12.2 Å². The number of benzene rings is 2. The maximum Gasteiger partial charge on any atom is 0.419 e. The minimum Gasteiger partial charge on any atom is -0.320 e. The summed E-state index contributed by atoms with van der Waals surface area (Å²) in [6.07, 6.45) is -4.76. The van der Waals surface area contributed by atoms with Gasteiger partial charge in [-0.2, -0.15) is 13.2 Å². The Morgan fingerprint density at radius 1 is 1.05 bits per heavy atom. The Labute approximate surface area is 118 Å². The van der Waals surface area contributed by atoms with E-state index in [1.54, 1.807) is 18.2 Å². The molecular formula is C14H10ClF4N. The first-order chi connectivity index (χ1) is 9.30. The summed E-state index contributed by atoms with van der Waals surface area (Å²) in [6.45, 7) is 0. The van der Waals surface area contributed by atoms with Gasteiger partial charge in [0.15, 0.2) is 0 Å². The van der Waals surface area contributed by atoms with E-state index in [0.29, 0.717) is 16.7 Å². The van der Waals surface area contributed by atoms with Crippen molar-refractivity contribution < 1.29 is 17.6 Å². The smallest absolute Gasteiger partial charge is 0.320 e. The summed E-state index contributed by atoms with van der Waals surface area (Å²) in [4.78, 5) is 0. The molecular weight excluding hydrogens is 294 g/mol. The Morgan fingerprint density at radius 3 is 2.30 bits per heavy atom. The molecule has 0 saturated carbocycles. The summed E-state index contributed by atoms with van der Waals surface area (Å²) in [5.41, 5.74) is 4.73. The van der Waals surface area contributed by atoms with E-state index >= 15 is 0 Å². The molecule has 0 aromatic heterocycles. The van der Waals surface area contributed by atoms with Crippen LogP contribution in [0.4, 0.5) is 17.6 Å². The van der Waals surface area contributed by atoms with Crippen molar-refractivity contribution >= 4 is 11.6 Å². The number of halogens is 5. The molecule has 2 rings (SSSR count). The largest absolute Gasteiger partial charge is 0.419 e. The quantitative estimate of drug-likeness (QED) is 0.810. The molecule has 0 aliphatic heterocycles. The van der Waals surface area contributed by atoms with Gasteiger partial charge < -0.3 is 5.73 Å². The monoisotopic (exact) mass is 303 g/mol. The normalized spacial score (nSPS) is 13.3. The Kier molecular flexibility index (Phi) is 4.01. The average molecular weight is 304 g/mol. The van der Waals surface area contributed by atoms with Gasteiger partial charge in [-0.15, -0.1) is 0 Å². The fourth-order valence-electron chi connectivity index (χ4n) is 1.89. The summed E-state index contributed by atoms with van der Waals surface area (Å²) < 4.78 is 51.9. The van der Waals surface area contributed by atoms with Crippen molar-refractivity contribution in [1.82, 2.24) is 0 Å². The van der Waals surface area contributed by atoms with E-state index in [9.17, 15) is 17.6 Å². The van der Waals surface area contributed by atoms with Crippen molar-refractivity contribution in [3.63, 3.8) is 0 Å². The first kappa shape index (κ1) is 14.8. The third-order valence-corrected chi connectivity index (χ3v) is 3.11. The van der Waals surface area contributed by atoms with Gasteiger partial charge in [0.05, 0.1) is 11.6 Å². The predicted molar refractivity (Wildman–Crippen MR) is 68.9 cm³/mol. The van der Waals surface area contributed by atoms with E-state index < -0.39 is 23.6 Å². The zero-order valence-electron chi connectivity index (χ0n) is 10.1. The lowest BCUT2D eigenvalue weighted by Gasteiger charge is -2.16. The van der Waals surface area contributed by atoms with Gasteiger partial charge in [-0.3, -0.25) is 0 Å². The minimum atomic E-state index is -4.76. The molecule has 0 aliphatic carbocycles. The van der Waals surface area contributed by atoms with Crippen LogP contribution in [0.3, 0.4) is 0 Å². The lowest BCUT2D eigenvalue weighted by atomic mass is 9.97. The lowest BCUT2D eigenvalue weighted by molar-refractivity contribution is -0.140. The molecule has 0 amide bonds. The zero-order valence-corrected chi connectivity index (χ0v) is 10.8. The summed E-state index contributed by atoms with van der Waals surface area (Å²) in [5, 5.41) is 0.380. The SMILES string of the molecule is NC(c1cccc(Cl)c1)c1cccc(C(F)(F)F)c1F. The molecule has 0 bridgehead atoms. The highest BCUT2D eigenvalue weighted by atomic mass is 35.5. The molecule has 0 heterocycles. The van der Waals surface area contributed by atoms with E-state index in [1.807, 2.05) is 0 Å². The Balaban J connectivity index is 2.48. The van der Waals surface area contributed by atoms with Gasteiger partial charge in [-0.1, -0.05) is 35.9 Å². The number of alkyl halides is 3. The molecule has 0 fully saturated rings. The molecule has 2 aromatic rings. The van der Waals surface area contributed by atoms with Crippen LogP contribution in [0.5, 0.6) is 0 Å². The van der Waals surface area contributed by atoms with Gasteiger partial charge in [-0.05, 0) is 23.8 Å². The molecule has 0 saturated heterocycles. The summed E-state index contributed by atoms with van der Waals surface area (Å²) in [7, 11) is 0. The highest BCUT2D eigenvalue weighted by Crippen LogP contribution is 2.34. The van der Waals surface area contributed by atoms with Crippen LogP contribution in [0.15, 0.2) is 42.5 Å². The van der Waals surface area contributed by atoms with Crippen LogP contribution in [0.25, 0.3) is 0 Å². The Bertz CT molecular complexity index is 625. The zero-order chi connectivity index (χ0) is 14.9. The van der Waals surface area contributed by atoms with Gasteiger partial charge in [0.1, 0.15) is 5.82 Å². The fourth-order valence-corrected chi connectivity index (χ4v) is 2.09. The molecule has 1 unspecified atom stereocenters. The first-order valence-electron chi connectivity index (χ1n) is 5.67. The number of hydrogen-bond acceptors (Lipinski definition) is 1. The third kappa shape index (κ3) is 2.94. The van der Waals surface area contributed by atoms with Crippen LogP contribution in [0.1, 0.15) is 22.7 Å². The second kappa shape index (κ2) is 5.42. The second-order valence-electron chi connectivity index (χ2n) is 4.24.